The lowest BCUT2D eigenvalue weighted by Gasteiger charge is -2.11. The van der Waals surface area contributed by atoms with Crippen LogP contribution in [0.15, 0.2) is 22.9 Å². The zero-order valence-electron chi connectivity index (χ0n) is 15.4. The molecule has 0 aromatic carbocycles. The maximum atomic E-state index is 11.5. The second-order valence-electron chi connectivity index (χ2n) is 5.67. The van der Waals surface area contributed by atoms with Crippen LogP contribution in [0, 0.1) is 0 Å². The van der Waals surface area contributed by atoms with Crippen molar-refractivity contribution in [2.24, 2.45) is 0 Å². The highest BCUT2D eigenvalue weighted by Crippen LogP contribution is 2.30. The Hall–Kier alpha value is -2.77. The lowest BCUT2D eigenvalue weighted by atomic mass is 10.3. The largest absolute Gasteiger partial charge is 0.489 e. The molecule has 0 spiro atoms. The number of carbonyl (C=O) groups is 1. The second kappa shape index (κ2) is 9.65. The summed E-state index contributed by atoms with van der Waals surface area (Å²) in [5, 5.41) is 10.3. The SMILES string of the molecule is CCCCOc1cc(-c2nc(C(=O)OC)co2)[n+](O)cc1OCCCC. The van der Waals surface area contributed by atoms with Crippen LogP contribution >= 0.6 is 0 Å². The summed E-state index contributed by atoms with van der Waals surface area (Å²) in [7, 11) is 1.25. The number of esters is 1. The molecule has 1 N–H and O–H groups in total. The number of methoxy groups -OCH3 is 1. The van der Waals surface area contributed by atoms with Crippen molar-refractivity contribution in [3.8, 4) is 23.1 Å². The van der Waals surface area contributed by atoms with Gasteiger partial charge in [-0.2, -0.15) is 4.98 Å². The maximum absolute atomic E-state index is 11.5. The molecule has 2 aromatic rings. The van der Waals surface area contributed by atoms with Crippen molar-refractivity contribution in [3.63, 3.8) is 0 Å². The molecule has 2 aromatic heterocycles. The Labute approximate surface area is 152 Å². The molecule has 2 heterocycles. The molecule has 0 radical (unpaired) electrons. The molecular weight excluding hydrogens is 340 g/mol. The smallest absolute Gasteiger partial charge is 0.360 e. The van der Waals surface area contributed by atoms with Gasteiger partial charge in [0.1, 0.15) is 6.26 Å². The summed E-state index contributed by atoms with van der Waals surface area (Å²) in [5.74, 6) is 0.352. The molecule has 0 atom stereocenters. The maximum Gasteiger partial charge on any atom is 0.360 e. The molecule has 2 rings (SSSR count). The van der Waals surface area contributed by atoms with Gasteiger partial charge in [-0.05, 0) is 12.8 Å². The number of carbonyl (C=O) groups excluding carboxylic acids is 1. The van der Waals surface area contributed by atoms with Crippen molar-refractivity contribution < 1.29 is 33.4 Å². The summed E-state index contributed by atoms with van der Waals surface area (Å²) in [5.41, 5.74) is 0.244. The van der Waals surface area contributed by atoms with E-state index in [0.717, 1.165) is 30.4 Å². The molecular formula is C18H25N2O6+. The number of rotatable bonds is 10. The number of ether oxygens (including phenoxy) is 3. The van der Waals surface area contributed by atoms with Crippen molar-refractivity contribution in [1.29, 1.82) is 0 Å². The third kappa shape index (κ3) is 4.87. The first-order valence-electron chi connectivity index (χ1n) is 8.69. The van der Waals surface area contributed by atoms with E-state index < -0.39 is 5.97 Å². The van der Waals surface area contributed by atoms with Crippen LogP contribution in [0.5, 0.6) is 11.5 Å². The average Bonchev–Trinajstić information content (AvgIpc) is 3.13. The van der Waals surface area contributed by atoms with Gasteiger partial charge >= 0.3 is 11.7 Å². The van der Waals surface area contributed by atoms with Gasteiger partial charge in [-0.25, -0.2) is 4.79 Å². The Morgan fingerprint density at radius 1 is 1.19 bits per heavy atom. The van der Waals surface area contributed by atoms with Crippen LogP contribution in [-0.4, -0.2) is 36.5 Å². The van der Waals surface area contributed by atoms with E-state index in [4.69, 9.17) is 13.9 Å². The molecule has 0 saturated carbocycles. The Morgan fingerprint density at radius 2 is 1.85 bits per heavy atom. The monoisotopic (exact) mass is 365 g/mol. The molecule has 0 saturated heterocycles. The van der Waals surface area contributed by atoms with Crippen LogP contribution in [0.25, 0.3) is 11.6 Å². The van der Waals surface area contributed by atoms with Gasteiger partial charge in [-0.1, -0.05) is 26.7 Å². The Bertz CT molecular complexity index is 728. The first kappa shape index (κ1) is 19.6. The molecule has 0 amide bonds. The highest BCUT2D eigenvalue weighted by molar-refractivity contribution is 5.87. The van der Waals surface area contributed by atoms with Crippen LogP contribution in [-0.2, 0) is 4.74 Å². The third-order valence-electron chi connectivity index (χ3n) is 3.63. The number of hydrogen-bond acceptors (Lipinski definition) is 7. The quantitative estimate of drug-likeness (QED) is 0.299. The van der Waals surface area contributed by atoms with Crippen molar-refractivity contribution in [2.45, 2.75) is 39.5 Å². The van der Waals surface area contributed by atoms with Crippen molar-refractivity contribution in [2.75, 3.05) is 20.3 Å². The molecule has 142 valence electrons. The zero-order chi connectivity index (χ0) is 18.9. The van der Waals surface area contributed by atoms with Crippen molar-refractivity contribution in [1.82, 2.24) is 4.98 Å². The topological polar surface area (TPSA) is 94.9 Å². The predicted octanol–water partition coefficient (Wildman–Crippen LogP) is 3.01. The Balaban J connectivity index is 2.32. The molecule has 0 aliphatic carbocycles. The van der Waals surface area contributed by atoms with Gasteiger partial charge in [0.2, 0.25) is 5.75 Å². The zero-order valence-corrected chi connectivity index (χ0v) is 15.4. The minimum atomic E-state index is -0.622. The summed E-state index contributed by atoms with van der Waals surface area (Å²) in [4.78, 5) is 15.6. The number of aromatic nitrogens is 2. The normalized spacial score (nSPS) is 10.6. The van der Waals surface area contributed by atoms with Gasteiger partial charge in [0.15, 0.2) is 11.4 Å². The van der Waals surface area contributed by atoms with E-state index in [2.05, 4.69) is 23.6 Å². The van der Waals surface area contributed by atoms with E-state index in [-0.39, 0.29) is 17.3 Å². The molecule has 0 fully saturated rings. The van der Waals surface area contributed by atoms with Gasteiger partial charge in [-0.15, -0.1) is 0 Å². The summed E-state index contributed by atoms with van der Waals surface area (Å²) in [6.07, 6.45) is 6.34. The lowest BCUT2D eigenvalue weighted by Crippen LogP contribution is -2.33. The fraction of sp³-hybridized carbons (Fsp3) is 0.500. The lowest BCUT2D eigenvalue weighted by molar-refractivity contribution is -0.896. The number of hydrogen-bond donors (Lipinski definition) is 1. The summed E-state index contributed by atoms with van der Waals surface area (Å²) < 4.78 is 22.2. The van der Waals surface area contributed by atoms with Crippen LogP contribution in [0.1, 0.15) is 50.0 Å². The summed E-state index contributed by atoms with van der Waals surface area (Å²) >= 11 is 0. The Kier molecular flexibility index (Phi) is 7.25. The minimum Gasteiger partial charge on any atom is -0.489 e. The molecule has 0 aliphatic heterocycles. The van der Waals surface area contributed by atoms with E-state index in [1.807, 2.05) is 0 Å². The van der Waals surface area contributed by atoms with Crippen LogP contribution in [0.2, 0.25) is 0 Å². The van der Waals surface area contributed by atoms with Gasteiger partial charge in [-0.3, -0.25) is 5.21 Å². The van der Waals surface area contributed by atoms with Crippen molar-refractivity contribution in [3.05, 3.63) is 24.2 Å². The number of oxazole rings is 1. The van der Waals surface area contributed by atoms with Gasteiger partial charge in [0.25, 0.3) is 12.1 Å². The van der Waals surface area contributed by atoms with E-state index in [1.54, 1.807) is 6.07 Å². The Morgan fingerprint density at radius 3 is 2.46 bits per heavy atom. The van der Waals surface area contributed by atoms with Crippen molar-refractivity contribution >= 4 is 5.97 Å². The van der Waals surface area contributed by atoms with Gasteiger partial charge in [0.05, 0.1) is 26.4 Å². The van der Waals surface area contributed by atoms with E-state index in [1.165, 1.54) is 19.6 Å². The molecule has 0 aliphatic rings. The molecule has 8 heteroatoms. The van der Waals surface area contributed by atoms with E-state index >= 15 is 0 Å². The van der Waals surface area contributed by atoms with E-state index in [9.17, 15) is 10.0 Å². The number of nitrogens with zero attached hydrogens (tertiary/aromatic N) is 2. The predicted molar refractivity (Wildman–Crippen MR) is 91.5 cm³/mol. The highest BCUT2D eigenvalue weighted by atomic mass is 16.5. The summed E-state index contributed by atoms with van der Waals surface area (Å²) in [6, 6.07) is 1.57. The molecule has 26 heavy (non-hydrogen) atoms. The molecule has 8 nitrogen and oxygen atoms in total. The molecule has 0 bridgehead atoms. The van der Waals surface area contributed by atoms with Crippen LogP contribution < -0.4 is 14.2 Å². The van der Waals surface area contributed by atoms with Gasteiger partial charge < -0.3 is 18.6 Å². The summed E-state index contributed by atoms with van der Waals surface area (Å²) in [6.45, 7) is 5.18. The van der Waals surface area contributed by atoms with Crippen LogP contribution in [0.4, 0.5) is 0 Å². The minimum absolute atomic E-state index is 0.0132. The number of unbranched alkanes of at least 4 members (excludes halogenated alkanes) is 2. The number of pyridine rings is 1. The fourth-order valence-electron chi connectivity index (χ4n) is 2.13. The average molecular weight is 365 g/mol. The molecule has 0 unspecified atom stereocenters. The third-order valence-corrected chi connectivity index (χ3v) is 3.63. The second-order valence-corrected chi connectivity index (χ2v) is 5.67. The highest BCUT2D eigenvalue weighted by Gasteiger charge is 2.26. The van der Waals surface area contributed by atoms with E-state index in [0.29, 0.717) is 24.7 Å². The fourth-order valence-corrected chi connectivity index (χ4v) is 2.13. The first-order valence-corrected chi connectivity index (χ1v) is 8.69. The van der Waals surface area contributed by atoms with Crippen LogP contribution in [0.3, 0.4) is 0 Å². The standard InChI is InChI=1S/C18H25N2O6/c1-4-6-8-24-15-10-14(17-19-13(12-26-17)18(21)23-3)20(22)11-16(15)25-9-7-5-2/h10-12,22H,4-9H2,1-3H3/q+1. The first-order chi connectivity index (χ1) is 12.6. The van der Waals surface area contributed by atoms with Gasteiger partial charge in [0, 0.05) is 4.73 Å².